The molecule has 3 saturated carbocycles. The van der Waals surface area contributed by atoms with Gasteiger partial charge in [0.1, 0.15) is 6.61 Å². The van der Waals surface area contributed by atoms with Gasteiger partial charge in [0.25, 0.3) is 0 Å². The van der Waals surface area contributed by atoms with Crippen molar-refractivity contribution in [1.82, 2.24) is 0 Å². The zero-order valence-corrected chi connectivity index (χ0v) is 15.0. The third-order valence-corrected chi connectivity index (χ3v) is 8.52. The number of fused-ring (bicyclic) bond motifs is 5. The van der Waals surface area contributed by atoms with Crippen molar-refractivity contribution in [2.24, 2.45) is 34.5 Å². The Kier molecular flexibility index (Phi) is 4.16. The Morgan fingerprint density at radius 3 is 2.75 bits per heavy atom. The molecule has 0 aromatic heterocycles. The Bertz CT molecular complexity index is 553. The Morgan fingerprint density at radius 2 is 2.00 bits per heavy atom. The maximum Gasteiger partial charge on any atom is 0.162 e. The van der Waals surface area contributed by atoms with E-state index >= 15 is 0 Å². The van der Waals surface area contributed by atoms with Gasteiger partial charge in [-0.05, 0) is 73.5 Å². The Balaban J connectivity index is 1.66. The lowest BCUT2D eigenvalue weighted by Gasteiger charge is -2.59. The maximum absolute atomic E-state index is 12.3. The summed E-state index contributed by atoms with van der Waals surface area (Å²) < 4.78 is 0. The van der Waals surface area contributed by atoms with Crippen LogP contribution in [0.4, 0.5) is 0 Å². The van der Waals surface area contributed by atoms with Gasteiger partial charge in [-0.25, -0.2) is 0 Å². The van der Waals surface area contributed by atoms with Crippen LogP contribution in [0.2, 0.25) is 0 Å². The van der Waals surface area contributed by atoms with Crippen molar-refractivity contribution in [3.8, 4) is 0 Å². The van der Waals surface area contributed by atoms with Gasteiger partial charge in [0.2, 0.25) is 0 Å². The molecule has 0 saturated heterocycles. The predicted molar refractivity (Wildman–Crippen MR) is 93.3 cm³/mol. The fraction of sp³-hybridized carbons (Fsp3) is 0.857. The SMILES string of the molecule is C[C@]12CC[C@H]3[C@@H](CCC4CCCC[C@@]43CO)C1=CC[C@@H]2C(=O)CO. The molecule has 0 aromatic rings. The summed E-state index contributed by atoms with van der Waals surface area (Å²) in [7, 11) is 0. The lowest BCUT2D eigenvalue weighted by atomic mass is 9.45. The van der Waals surface area contributed by atoms with Crippen LogP contribution in [0.25, 0.3) is 0 Å². The lowest BCUT2D eigenvalue weighted by molar-refractivity contribution is -0.131. The number of rotatable bonds is 3. The summed E-state index contributed by atoms with van der Waals surface area (Å²) in [5, 5.41) is 19.8. The molecular formula is C21H32O3. The highest BCUT2D eigenvalue weighted by Crippen LogP contribution is 2.65. The molecule has 1 unspecified atom stereocenters. The summed E-state index contributed by atoms with van der Waals surface area (Å²) in [6, 6.07) is 0. The quantitative estimate of drug-likeness (QED) is 0.778. The highest BCUT2D eigenvalue weighted by molar-refractivity contribution is 5.84. The Labute approximate surface area is 145 Å². The number of aliphatic hydroxyl groups excluding tert-OH is 2. The van der Waals surface area contributed by atoms with Crippen LogP contribution in [-0.2, 0) is 4.79 Å². The van der Waals surface area contributed by atoms with Crippen LogP contribution in [0.3, 0.4) is 0 Å². The molecule has 0 aromatic carbocycles. The van der Waals surface area contributed by atoms with E-state index < -0.39 is 0 Å². The fourth-order valence-electron chi connectivity index (χ4n) is 7.31. The van der Waals surface area contributed by atoms with E-state index in [1.165, 1.54) is 44.1 Å². The van der Waals surface area contributed by atoms with Gasteiger partial charge < -0.3 is 10.2 Å². The van der Waals surface area contributed by atoms with Gasteiger partial charge in [0.05, 0.1) is 0 Å². The predicted octanol–water partition coefficient (Wildman–Crippen LogP) is 3.49. The van der Waals surface area contributed by atoms with Gasteiger partial charge in [0.15, 0.2) is 5.78 Å². The summed E-state index contributed by atoms with van der Waals surface area (Å²) in [5.41, 5.74) is 1.60. The number of ketones is 1. The highest BCUT2D eigenvalue weighted by atomic mass is 16.3. The van der Waals surface area contributed by atoms with E-state index in [4.69, 9.17) is 0 Å². The summed E-state index contributed by atoms with van der Waals surface area (Å²) in [6.07, 6.45) is 12.9. The smallest absolute Gasteiger partial charge is 0.162 e. The van der Waals surface area contributed by atoms with Gasteiger partial charge in [-0.15, -0.1) is 0 Å². The number of aliphatic hydroxyl groups is 2. The van der Waals surface area contributed by atoms with Gasteiger partial charge in [0, 0.05) is 12.5 Å². The molecule has 0 bridgehead atoms. The zero-order valence-electron chi connectivity index (χ0n) is 15.0. The van der Waals surface area contributed by atoms with Crippen LogP contribution in [0.1, 0.15) is 64.7 Å². The molecule has 4 aliphatic rings. The maximum atomic E-state index is 12.3. The van der Waals surface area contributed by atoms with Crippen molar-refractivity contribution in [1.29, 1.82) is 0 Å². The molecule has 6 atom stereocenters. The van der Waals surface area contributed by atoms with Crippen molar-refractivity contribution in [2.75, 3.05) is 13.2 Å². The van der Waals surface area contributed by atoms with Crippen LogP contribution in [0.5, 0.6) is 0 Å². The summed E-state index contributed by atoms with van der Waals surface area (Å²) in [6.45, 7) is 2.29. The number of allylic oxidation sites excluding steroid dienone is 2. The monoisotopic (exact) mass is 332 g/mol. The average Bonchev–Trinajstić information content (AvgIpc) is 2.97. The van der Waals surface area contributed by atoms with E-state index in [1.807, 2.05) is 0 Å². The molecule has 0 spiro atoms. The highest BCUT2D eigenvalue weighted by Gasteiger charge is 2.59. The van der Waals surface area contributed by atoms with Gasteiger partial charge in [-0.3, -0.25) is 4.79 Å². The first kappa shape index (κ1) is 16.8. The molecule has 4 aliphatic carbocycles. The van der Waals surface area contributed by atoms with Crippen LogP contribution < -0.4 is 0 Å². The average molecular weight is 332 g/mol. The Morgan fingerprint density at radius 1 is 1.17 bits per heavy atom. The molecule has 0 amide bonds. The standard InChI is InChI=1S/C21H32O3/c1-20-11-9-17-15(16(20)7-8-18(20)19(24)12-22)6-5-14-4-2-3-10-21(14,17)13-23/h7,14-15,17-18,22-23H,2-6,8-13H2,1H3/t14?,15-,17-,18+,20-,21+/m0/s1. The summed E-state index contributed by atoms with van der Waals surface area (Å²) in [4.78, 5) is 12.3. The van der Waals surface area contributed by atoms with Crippen molar-refractivity contribution < 1.29 is 15.0 Å². The largest absolute Gasteiger partial charge is 0.396 e. The molecule has 4 rings (SSSR count). The third-order valence-electron chi connectivity index (χ3n) is 8.52. The normalized spacial score (nSPS) is 47.4. The number of hydrogen-bond donors (Lipinski definition) is 2. The Hall–Kier alpha value is -0.670. The first-order valence-electron chi connectivity index (χ1n) is 10.0. The molecule has 24 heavy (non-hydrogen) atoms. The second kappa shape index (κ2) is 5.95. The van der Waals surface area contributed by atoms with Crippen LogP contribution in [0, 0.1) is 34.5 Å². The first-order chi connectivity index (χ1) is 11.6. The van der Waals surface area contributed by atoms with Crippen LogP contribution >= 0.6 is 0 Å². The molecule has 134 valence electrons. The van der Waals surface area contributed by atoms with Crippen molar-refractivity contribution in [3.63, 3.8) is 0 Å². The molecule has 0 radical (unpaired) electrons. The fourth-order valence-corrected chi connectivity index (χ4v) is 7.31. The van der Waals surface area contributed by atoms with E-state index in [0.29, 0.717) is 24.4 Å². The van der Waals surface area contributed by atoms with Gasteiger partial charge in [-0.1, -0.05) is 31.4 Å². The number of Topliss-reactive ketones (excluding diaryl/α,β-unsaturated/α-hetero) is 1. The van der Waals surface area contributed by atoms with E-state index in [2.05, 4.69) is 13.0 Å². The zero-order chi connectivity index (χ0) is 16.9. The van der Waals surface area contributed by atoms with Crippen LogP contribution in [0.15, 0.2) is 11.6 Å². The molecule has 0 aliphatic heterocycles. The van der Waals surface area contributed by atoms with E-state index in [9.17, 15) is 15.0 Å². The summed E-state index contributed by atoms with van der Waals surface area (Å²) >= 11 is 0. The summed E-state index contributed by atoms with van der Waals surface area (Å²) in [5.74, 6) is 1.86. The topological polar surface area (TPSA) is 57.5 Å². The minimum absolute atomic E-state index is 0.0189. The minimum atomic E-state index is -0.321. The second-order valence-electron chi connectivity index (χ2n) is 9.15. The molecule has 3 fully saturated rings. The molecule has 0 heterocycles. The number of hydrogen-bond acceptors (Lipinski definition) is 3. The van der Waals surface area contributed by atoms with Crippen LogP contribution in [-0.4, -0.2) is 29.2 Å². The first-order valence-corrected chi connectivity index (χ1v) is 10.0. The minimum Gasteiger partial charge on any atom is -0.396 e. The van der Waals surface area contributed by atoms with E-state index in [0.717, 1.165) is 19.3 Å². The van der Waals surface area contributed by atoms with Gasteiger partial charge in [-0.2, -0.15) is 0 Å². The van der Waals surface area contributed by atoms with E-state index in [1.54, 1.807) is 0 Å². The van der Waals surface area contributed by atoms with Gasteiger partial charge >= 0.3 is 0 Å². The van der Waals surface area contributed by atoms with E-state index in [-0.39, 0.29) is 29.1 Å². The molecular weight excluding hydrogens is 300 g/mol. The number of carbonyl (C=O) groups is 1. The molecule has 3 nitrogen and oxygen atoms in total. The van der Waals surface area contributed by atoms with Crippen molar-refractivity contribution >= 4 is 5.78 Å². The molecule has 3 heteroatoms. The second-order valence-corrected chi connectivity index (χ2v) is 9.15. The van der Waals surface area contributed by atoms with Crippen molar-refractivity contribution in [3.05, 3.63) is 11.6 Å². The van der Waals surface area contributed by atoms with Crippen molar-refractivity contribution in [2.45, 2.75) is 64.7 Å². The molecule has 2 N–H and O–H groups in total. The number of carbonyl (C=O) groups excluding carboxylic acids is 1. The third kappa shape index (κ3) is 2.13. The lowest BCUT2D eigenvalue weighted by Crippen LogP contribution is -2.54.